The van der Waals surface area contributed by atoms with Crippen LogP contribution in [0.5, 0.6) is 11.5 Å². The van der Waals surface area contributed by atoms with Crippen LogP contribution in [0.25, 0.3) is 0 Å². The lowest BCUT2D eigenvalue weighted by Gasteiger charge is -2.28. The molecule has 0 radical (unpaired) electrons. The van der Waals surface area contributed by atoms with Crippen LogP contribution < -0.4 is 9.47 Å². The van der Waals surface area contributed by atoms with Gasteiger partial charge in [0, 0.05) is 32.3 Å². The molecule has 0 aliphatic carbocycles. The molecular weight excluding hydrogens is 352 g/mol. The second-order valence-electron chi connectivity index (χ2n) is 5.67. The van der Waals surface area contributed by atoms with Crippen molar-refractivity contribution in [3.05, 3.63) is 24.3 Å². The predicted molar refractivity (Wildman–Crippen MR) is 103 cm³/mol. The summed E-state index contributed by atoms with van der Waals surface area (Å²) in [5.74, 6) is 0.759. The molecule has 1 rings (SSSR count). The summed E-state index contributed by atoms with van der Waals surface area (Å²) in [4.78, 5) is 12.0. The van der Waals surface area contributed by atoms with Crippen molar-refractivity contribution in [2.24, 2.45) is 0 Å². The number of methoxy groups -OCH3 is 1. The summed E-state index contributed by atoms with van der Waals surface area (Å²) in [6, 6.07) is 7.90. The number of carbonyl (C=O) groups is 1. The maximum atomic E-state index is 12.0. The summed E-state index contributed by atoms with van der Waals surface area (Å²) in [6.45, 7) is 7.60. The first-order chi connectivity index (χ1) is 12.6. The van der Waals surface area contributed by atoms with E-state index < -0.39 is 8.80 Å². The molecule has 0 fully saturated rings. The van der Waals surface area contributed by atoms with Gasteiger partial charge in [0.25, 0.3) is 0 Å². The van der Waals surface area contributed by atoms with Gasteiger partial charge in [0.15, 0.2) is 11.5 Å². The third kappa shape index (κ3) is 7.86. The van der Waals surface area contributed by atoms with Crippen LogP contribution >= 0.6 is 0 Å². The van der Waals surface area contributed by atoms with Crippen molar-refractivity contribution in [3.8, 4) is 11.5 Å². The highest BCUT2D eigenvalue weighted by Crippen LogP contribution is 2.26. The van der Waals surface area contributed by atoms with Crippen LogP contribution in [-0.2, 0) is 18.1 Å². The van der Waals surface area contributed by atoms with Crippen molar-refractivity contribution in [3.63, 3.8) is 0 Å². The lowest BCUT2D eigenvalue weighted by atomic mass is 10.2. The summed E-state index contributed by atoms with van der Waals surface area (Å²) >= 11 is 0. The molecule has 148 valence electrons. The van der Waals surface area contributed by atoms with Gasteiger partial charge in [0.2, 0.25) is 0 Å². The van der Waals surface area contributed by atoms with Gasteiger partial charge in [-0.1, -0.05) is 18.6 Å². The zero-order valence-corrected chi connectivity index (χ0v) is 17.4. The monoisotopic (exact) mass is 384 g/mol. The van der Waals surface area contributed by atoms with Gasteiger partial charge < -0.3 is 22.8 Å². The van der Waals surface area contributed by atoms with Crippen molar-refractivity contribution in [2.45, 2.75) is 52.5 Å². The van der Waals surface area contributed by atoms with Crippen molar-refractivity contribution >= 4 is 14.8 Å². The molecule has 0 unspecified atom stereocenters. The third-order valence-corrected chi connectivity index (χ3v) is 6.90. The number of ether oxygens (including phenoxy) is 2. The molecule has 0 saturated heterocycles. The molecule has 0 amide bonds. The van der Waals surface area contributed by atoms with Gasteiger partial charge in [0.05, 0.1) is 7.11 Å². The van der Waals surface area contributed by atoms with E-state index in [1.165, 1.54) is 0 Å². The van der Waals surface area contributed by atoms with Crippen LogP contribution in [0.4, 0.5) is 0 Å². The van der Waals surface area contributed by atoms with Gasteiger partial charge in [0.1, 0.15) is 0 Å². The molecule has 0 heterocycles. The van der Waals surface area contributed by atoms with Crippen molar-refractivity contribution in [1.29, 1.82) is 0 Å². The van der Waals surface area contributed by atoms with E-state index in [0.29, 0.717) is 37.7 Å². The van der Waals surface area contributed by atoms with Gasteiger partial charge in [-0.15, -0.1) is 0 Å². The highest BCUT2D eigenvalue weighted by molar-refractivity contribution is 6.60. The van der Waals surface area contributed by atoms with Crippen molar-refractivity contribution in [2.75, 3.05) is 26.9 Å². The molecule has 0 atom stereocenters. The number of benzene rings is 1. The molecule has 0 saturated carbocycles. The minimum absolute atomic E-state index is 0.252. The number of hydrogen-bond donors (Lipinski definition) is 0. The molecule has 0 bridgehead atoms. The van der Waals surface area contributed by atoms with E-state index >= 15 is 0 Å². The average molecular weight is 385 g/mol. The van der Waals surface area contributed by atoms with Crippen LogP contribution in [0.15, 0.2) is 24.3 Å². The fraction of sp³-hybridized carbons (Fsp3) is 0.632. The van der Waals surface area contributed by atoms with Gasteiger partial charge in [-0.05, 0) is 45.7 Å². The summed E-state index contributed by atoms with van der Waals surface area (Å²) in [5.41, 5.74) is 0. The van der Waals surface area contributed by atoms with E-state index in [2.05, 4.69) is 0 Å². The summed E-state index contributed by atoms with van der Waals surface area (Å²) < 4.78 is 28.0. The first kappa shape index (κ1) is 22.6. The normalized spacial score (nSPS) is 11.4. The van der Waals surface area contributed by atoms with E-state index in [0.717, 1.165) is 25.3 Å². The fourth-order valence-electron chi connectivity index (χ4n) is 2.67. The minimum Gasteiger partial charge on any atom is -0.493 e. The zero-order valence-electron chi connectivity index (χ0n) is 16.4. The summed E-state index contributed by atoms with van der Waals surface area (Å²) in [7, 11) is -1.03. The first-order valence-corrected chi connectivity index (χ1v) is 11.3. The van der Waals surface area contributed by atoms with Gasteiger partial charge in [-0.2, -0.15) is 0 Å². The van der Waals surface area contributed by atoms with Crippen molar-refractivity contribution in [1.82, 2.24) is 0 Å². The number of carbonyl (C=O) groups excluding carboxylic acids is 1. The number of esters is 1. The molecule has 1 aromatic carbocycles. The molecule has 0 aromatic heterocycles. The predicted octanol–water partition coefficient (Wildman–Crippen LogP) is 4.21. The molecule has 7 heteroatoms. The van der Waals surface area contributed by atoms with Crippen LogP contribution in [0.3, 0.4) is 0 Å². The quantitative estimate of drug-likeness (QED) is 0.207. The van der Waals surface area contributed by atoms with Gasteiger partial charge >= 0.3 is 14.8 Å². The Hall–Kier alpha value is -1.41. The molecule has 6 nitrogen and oxygen atoms in total. The summed E-state index contributed by atoms with van der Waals surface area (Å²) in [5, 5.41) is 0. The highest BCUT2D eigenvalue weighted by atomic mass is 28.4. The SMILES string of the molecule is CCO[Si](CCCCCC(=O)Oc1ccccc1OC)(OCC)OCC. The Morgan fingerprint density at radius 3 is 2.00 bits per heavy atom. The van der Waals surface area contributed by atoms with E-state index in [1.54, 1.807) is 19.2 Å². The van der Waals surface area contributed by atoms with Crippen molar-refractivity contribution < 1.29 is 27.5 Å². The maximum absolute atomic E-state index is 12.0. The molecule has 0 aliphatic rings. The number of unbranched alkanes of at least 4 members (excludes halogenated alkanes) is 2. The second kappa shape index (κ2) is 12.9. The van der Waals surface area contributed by atoms with E-state index in [-0.39, 0.29) is 5.97 Å². The third-order valence-electron chi connectivity index (χ3n) is 3.75. The zero-order chi connectivity index (χ0) is 19.3. The summed E-state index contributed by atoms with van der Waals surface area (Å²) in [6.07, 6.45) is 2.91. The lowest BCUT2D eigenvalue weighted by Crippen LogP contribution is -2.45. The molecule has 0 N–H and O–H groups in total. The van der Waals surface area contributed by atoms with Crippen LogP contribution in [0.2, 0.25) is 6.04 Å². The smallest absolute Gasteiger partial charge is 0.493 e. The fourth-order valence-corrected chi connectivity index (χ4v) is 5.35. The van der Waals surface area contributed by atoms with Crippen LogP contribution in [0, 0.1) is 0 Å². The maximum Gasteiger partial charge on any atom is 0.500 e. The lowest BCUT2D eigenvalue weighted by molar-refractivity contribution is -0.134. The minimum atomic E-state index is -2.58. The molecular formula is C19H32O6Si. The number of para-hydroxylation sites is 2. The average Bonchev–Trinajstić information content (AvgIpc) is 2.62. The molecule has 26 heavy (non-hydrogen) atoms. The Labute approximate surface area is 158 Å². The standard InChI is InChI=1S/C19H32O6Si/c1-5-22-26(23-6-2,24-7-3)16-12-8-9-15-19(20)25-18-14-11-10-13-17(18)21-4/h10-11,13-14H,5-9,12,15-16H2,1-4H3. The Kier molecular flexibility index (Phi) is 11.2. The second-order valence-corrected chi connectivity index (χ2v) is 8.40. The molecule has 1 aromatic rings. The number of rotatable bonds is 14. The Morgan fingerprint density at radius 1 is 0.885 bits per heavy atom. The first-order valence-electron chi connectivity index (χ1n) is 9.36. The van der Waals surface area contributed by atoms with E-state index in [9.17, 15) is 4.79 Å². The molecule has 0 aliphatic heterocycles. The Bertz CT molecular complexity index is 505. The number of hydrogen-bond acceptors (Lipinski definition) is 6. The molecule has 0 spiro atoms. The van der Waals surface area contributed by atoms with Gasteiger partial charge in [-0.25, -0.2) is 0 Å². The van der Waals surface area contributed by atoms with E-state index in [1.807, 2.05) is 32.9 Å². The highest BCUT2D eigenvalue weighted by Gasteiger charge is 2.39. The van der Waals surface area contributed by atoms with Crippen LogP contribution in [-0.4, -0.2) is 41.7 Å². The largest absolute Gasteiger partial charge is 0.500 e. The Balaban J connectivity index is 2.37. The Morgan fingerprint density at radius 2 is 1.46 bits per heavy atom. The van der Waals surface area contributed by atoms with E-state index in [4.69, 9.17) is 22.8 Å². The van der Waals surface area contributed by atoms with Crippen LogP contribution in [0.1, 0.15) is 46.5 Å². The topological polar surface area (TPSA) is 63.2 Å². The van der Waals surface area contributed by atoms with Gasteiger partial charge in [-0.3, -0.25) is 4.79 Å².